The first-order valence-corrected chi connectivity index (χ1v) is 8.39. The van der Waals surface area contributed by atoms with Gasteiger partial charge in [-0.2, -0.15) is 0 Å². The Bertz CT molecular complexity index is 628. The minimum absolute atomic E-state index is 0.00137. The molecule has 1 aromatic carbocycles. The smallest absolute Gasteiger partial charge is 0.311 e. The molecule has 0 radical (unpaired) electrons. The lowest BCUT2D eigenvalue weighted by Crippen LogP contribution is -2.41. The van der Waals surface area contributed by atoms with E-state index >= 15 is 0 Å². The summed E-state index contributed by atoms with van der Waals surface area (Å²) >= 11 is 0. The van der Waals surface area contributed by atoms with Crippen LogP contribution in [0.25, 0.3) is 0 Å². The normalized spacial score (nSPS) is 22.2. The highest BCUT2D eigenvalue weighted by atomic mass is 32.2. The molecule has 116 valence electrons. The van der Waals surface area contributed by atoms with E-state index in [0.29, 0.717) is 5.69 Å². The van der Waals surface area contributed by atoms with Crippen LogP contribution in [0.4, 0.5) is 5.69 Å². The van der Waals surface area contributed by atoms with Gasteiger partial charge in [0.15, 0.2) is 9.84 Å². The second-order valence-electron chi connectivity index (χ2n) is 5.03. The van der Waals surface area contributed by atoms with E-state index < -0.39 is 21.7 Å². The highest BCUT2D eigenvalue weighted by Crippen LogP contribution is 2.30. The molecule has 2 atom stereocenters. The van der Waals surface area contributed by atoms with Gasteiger partial charge in [0.05, 0.1) is 35.6 Å². The molecule has 0 spiro atoms. The average molecular weight is 313 g/mol. The van der Waals surface area contributed by atoms with Gasteiger partial charge in [-0.05, 0) is 12.1 Å². The molecule has 7 heteroatoms. The van der Waals surface area contributed by atoms with E-state index in [1.807, 2.05) is 0 Å². The molecule has 0 aliphatic carbocycles. The van der Waals surface area contributed by atoms with Gasteiger partial charge in [-0.1, -0.05) is 19.1 Å². The maximum atomic E-state index is 12.2. The maximum absolute atomic E-state index is 12.2. The lowest BCUT2D eigenvalue weighted by atomic mass is 10.0. The van der Waals surface area contributed by atoms with Gasteiger partial charge in [0.25, 0.3) is 0 Å². The SMILES string of the molecule is CCS(=O)(=O)c1ccccc1N(C)C1COCC1C(=O)O. The van der Waals surface area contributed by atoms with Crippen LogP contribution < -0.4 is 4.90 Å². The molecule has 2 rings (SSSR count). The first-order chi connectivity index (χ1) is 9.88. The number of hydrogen-bond acceptors (Lipinski definition) is 5. The highest BCUT2D eigenvalue weighted by Gasteiger charge is 2.38. The predicted octanol–water partition coefficient (Wildman–Crippen LogP) is 1.02. The number of ether oxygens (including phenoxy) is 1. The van der Waals surface area contributed by atoms with Gasteiger partial charge >= 0.3 is 5.97 Å². The lowest BCUT2D eigenvalue weighted by Gasteiger charge is -2.29. The molecule has 1 aromatic rings. The van der Waals surface area contributed by atoms with Gasteiger partial charge in [-0.25, -0.2) is 8.42 Å². The molecule has 1 N–H and O–H groups in total. The Morgan fingerprint density at radius 3 is 2.67 bits per heavy atom. The van der Waals surface area contributed by atoms with Crippen molar-refractivity contribution < 1.29 is 23.1 Å². The van der Waals surface area contributed by atoms with Crippen molar-refractivity contribution in [1.29, 1.82) is 0 Å². The van der Waals surface area contributed by atoms with Gasteiger partial charge in [-0.15, -0.1) is 0 Å². The van der Waals surface area contributed by atoms with Crippen LogP contribution in [0, 0.1) is 5.92 Å². The average Bonchev–Trinajstić information content (AvgIpc) is 2.96. The Labute approximate surface area is 124 Å². The van der Waals surface area contributed by atoms with Crippen molar-refractivity contribution in [3.05, 3.63) is 24.3 Å². The first kappa shape index (κ1) is 15.8. The summed E-state index contributed by atoms with van der Waals surface area (Å²) in [6.07, 6.45) is 0. The zero-order valence-electron chi connectivity index (χ0n) is 12.0. The van der Waals surface area contributed by atoms with Crippen molar-refractivity contribution in [3.63, 3.8) is 0 Å². The topological polar surface area (TPSA) is 83.9 Å². The number of carboxylic acid groups (broad SMARTS) is 1. The first-order valence-electron chi connectivity index (χ1n) is 6.73. The van der Waals surface area contributed by atoms with Crippen molar-refractivity contribution in [3.8, 4) is 0 Å². The zero-order valence-corrected chi connectivity index (χ0v) is 12.8. The summed E-state index contributed by atoms with van der Waals surface area (Å²) < 4.78 is 29.6. The summed E-state index contributed by atoms with van der Waals surface area (Å²) in [7, 11) is -1.66. The monoisotopic (exact) mass is 313 g/mol. The Kier molecular flexibility index (Phi) is 4.53. The van der Waals surface area contributed by atoms with Crippen molar-refractivity contribution in [2.24, 2.45) is 5.92 Å². The van der Waals surface area contributed by atoms with E-state index in [1.165, 1.54) is 0 Å². The summed E-state index contributed by atoms with van der Waals surface area (Å²) in [5.41, 5.74) is 0.515. The third-order valence-electron chi connectivity index (χ3n) is 3.83. The fourth-order valence-corrected chi connectivity index (χ4v) is 3.63. The van der Waals surface area contributed by atoms with Crippen LogP contribution in [0.1, 0.15) is 6.92 Å². The van der Waals surface area contributed by atoms with E-state index in [4.69, 9.17) is 4.74 Å². The van der Waals surface area contributed by atoms with Crippen LogP contribution in [-0.4, -0.2) is 51.5 Å². The Morgan fingerprint density at radius 2 is 2.05 bits per heavy atom. The van der Waals surface area contributed by atoms with Crippen molar-refractivity contribution >= 4 is 21.5 Å². The largest absolute Gasteiger partial charge is 0.481 e. The second kappa shape index (κ2) is 6.03. The van der Waals surface area contributed by atoms with E-state index in [-0.39, 0.29) is 29.9 Å². The summed E-state index contributed by atoms with van der Waals surface area (Å²) in [5.74, 6) is -1.59. The molecule has 0 saturated carbocycles. The number of para-hydroxylation sites is 1. The Morgan fingerprint density at radius 1 is 1.38 bits per heavy atom. The number of carboxylic acids is 1. The number of sulfone groups is 1. The van der Waals surface area contributed by atoms with Gasteiger partial charge < -0.3 is 14.7 Å². The van der Waals surface area contributed by atoms with Crippen LogP contribution >= 0.6 is 0 Å². The second-order valence-corrected chi connectivity index (χ2v) is 7.28. The number of likely N-dealkylation sites (N-methyl/N-ethyl adjacent to an activating group) is 1. The third kappa shape index (κ3) is 3.03. The molecule has 1 aliphatic heterocycles. The molecule has 6 nitrogen and oxygen atoms in total. The molecule has 1 aliphatic rings. The summed E-state index contributed by atoms with van der Waals surface area (Å²) in [6, 6.07) is 6.28. The fourth-order valence-electron chi connectivity index (χ4n) is 2.51. The molecular weight excluding hydrogens is 294 g/mol. The number of rotatable bonds is 5. The van der Waals surface area contributed by atoms with Crippen molar-refractivity contribution in [1.82, 2.24) is 0 Å². The standard InChI is InChI=1S/C14H19NO5S/c1-3-21(18,19)13-7-5-4-6-11(13)15(2)12-9-20-8-10(12)14(16)17/h4-7,10,12H,3,8-9H2,1-2H3,(H,16,17). The van der Waals surface area contributed by atoms with Crippen LogP contribution in [0.3, 0.4) is 0 Å². The molecule has 1 heterocycles. The number of carbonyl (C=O) groups is 1. The van der Waals surface area contributed by atoms with Crippen LogP contribution in [0.5, 0.6) is 0 Å². The fraction of sp³-hybridized carbons (Fsp3) is 0.500. The minimum atomic E-state index is -3.37. The number of hydrogen-bond donors (Lipinski definition) is 1. The van der Waals surface area contributed by atoms with E-state index in [1.54, 1.807) is 43.1 Å². The van der Waals surface area contributed by atoms with Crippen molar-refractivity contribution in [2.45, 2.75) is 17.9 Å². The number of aliphatic carboxylic acids is 1. The molecule has 1 saturated heterocycles. The summed E-state index contributed by atoms with van der Waals surface area (Å²) in [6.45, 7) is 2.01. The zero-order chi connectivity index (χ0) is 15.6. The molecule has 0 aromatic heterocycles. The highest BCUT2D eigenvalue weighted by molar-refractivity contribution is 7.91. The molecule has 1 fully saturated rings. The van der Waals surface area contributed by atoms with Crippen LogP contribution in [0.15, 0.2) is 29.2 Å². The van der Waals surface area contributed by atoms with Gasteiger partial charge in [-0.3, -0.25) is 4.79 Å². The van der Waals surface area contributed by atoms with E-state index in [9.17, 15) is 18.3 Å². The van der Waals surface area contributed by atoms with Crippen LogP contribution in [-0.2, 0) is 19.4 Å². The van der Waals surface area contributed by atoms with Crippen molar-refractivity contribution in [2.75, 3.05) is 30.9 Å². The van der Waals surface area contributed by atoms with Gasteiger partial charge in [0, 0.05) is 7.05 Å². The number of nitrogens with zero attached hydrogens (tertiary/aromatic N) is 1. The number of anilines is 1. The molecular formula is C14H19NO5S. The minimum Gasteiger partial charge on any atom is -0.481 e. The van der Waals surface area contributed by atoms with E-state index in [0.717, 1.165) is 0 Å². The molecule has 0 amide bonds. The van der Waals surface area contributed by atoms with Gasteiger partial charge in [0.1, 0.15) is 5.92 Å². The quantitative estimate of drug-likeness (QED) is 0.873. The molecule has 21 heavy (non-hydrogen) atoms. The maximum Gasteiger partial charge on any atom is 0.311 e. The molecule has 2 unspecified atom stereocenters. The van der Waals surface area contributed by atoms with E-state index in [2.05, 4.69) is 0 Å². The number of benzene rings is 1. The summed E-state index contributed by atoms with van der Waals surface area (Å²) in [4.78, 5) is 13.2. The third-order valence-corrected chi connectivity index (χ3v) is 5.60. The Hall–Kier alpha value is -1.60. The lowest BCUT2D eigenvalue weighted by molar-refractivity contribution is -0.141. The Balaban J connectivity index is 2.40. The molecule has 0 bridgehead atoms. The summed E-state index contributed by atoms with van der Waals surface area (Å²) in [5, 5.41) is 9.23. The van der Waals surface area contributed by atoms with Crippen LogP contribution in [0.2, 0.25) is 0 Å². The van der Waals surface area contributed by atoms with Gasteiger partial charge in [0.2, 0.25) is 0 Å². The predicted molar refractivity (Wildman–Crippen MR) is 78.3 cm³/mol.